The highest BCUT2D eigenvalue weighted by molar-refractivity contribution is 5.69. The molecule has 3 heterocycles. The predicted molar refractivity (Wildman–Crippen MR) is 362 cm³/mol. The summed E-state index contributed by atoms with van der Waals surface area (Å²) in [5.41, 5.74) is 12.7. The van der Waals surface area contributed by atoms with E-state index in [-0.39, 0.29) is 61.9 Å². The summed E-state index contributed by atoms with van der Waals surface area (Å²) < 4.78 is 30.6. The Morgan fingerprint density at radius 2 is 1.05 bits per heavy atom. The summed E-state index contributed by atoms with van der Waals surface area (Å²) in [4.78, 5) is 14.2. The molecule has 0 aliphatic carbocycles. The molecule has 0 saturated carbocycles. The van der Waals surface area contributed by atoms with Crippen LogP contribution in [0.2, 0.25) is 0 Å². The van der Waals surface area contributed by atoms with Crippen LogP contribution in [0.25, 0.3) is 0 Å². The normalized spacial score (nSPS) is 43.9. The molecule has 0 radical (unpaired) electrons. The van der Waals surface area contributed by atoms with Gasteiger partial charge in [0.05, 0.1) is 104 Å². The van der Waals surface area contributed by atoms with E-state index in [1.807, 2.05) is 26.0 Å². The Balaban J connectivity index is 2.03. The van der Waals surface area contributed by atoms with Crippen molar-refractivity contribution in [3.05, 3.63) is 35.5 Å². The highest BCUT2D eigenvalue weighted by Crippen LogP contribution is 2.36. The zero-order valence-electron chi connectivity index (χ0n) is 59.8. The molecule has 26 nitrogen and oxygen atoms in total. The van der Waals surface area contributed by atoms with Gasteiger partial charge in [-0.2, -0.15) is 0 Å². The Bertz CT molecular complexity index is 2270. The van der Waals surface area contributed by atoms with Crippen LogP contribution in [0.1, 0.15) is 186 Å². The van der Waals surface area contributed by atoms with Crippen molar-refractivity contribution < 1.29 is 120 Å². The fourth-order valence-electron chi connectivity index (χ4n) is 13.7. The van der Waals surface area contributed by atoms with Crippen LogP contribution < -0.4 is 11.5 Å². The summed E-state index contributed by atoms with van der Waals surface area (Å²) in [6.45, 7) is 20.2. The zero-order valence-corrected chi connectivity index (χ0v) is 59.8. The predicted octanol–water partition coefficient (Wildman–Crippen LogP) is 0.981. The number of aliphatic hydroxyl groups is 18. The number of nitrogens with two attached hydrogens (primary N) is 2. The number of hydrogen-bond donors (Lipinski definition) is 20. The first kappa shape index (κ1) is 88.9. The number of carbonyl (C=O) groups excluding carboxylic acids is 1. The summed E-state index contributed by atoms with van der Waals surface area (Å²) in [6.07, 6.45) is -22.3. The lowest BCUT2D eigenvalue weighted by molar-refractivity contribution is -0.314. The van der Waals surface area contributed by atoms with Gasteiger partial charge in [-0.1, -0.05) is 112 Å². The van der Waals surface area contributed by atoms with Crippen LogP contribution in [0, 0.1) is 53.3 Å². The summed E-state index contributed by atoms with van der Waals surface area (Å²) in [6, 6.07) is -1.17. The van der Waals surface area contributed by atoms with Gasteiger partial charge in [0.15, 0.2) is 12.6 Å². The van der Waals surface area contributed by atoms with E-state index in [4.69, 9.17) is 35.2 Å². The molecule has 2 saturated heterocycles. The first-order valence-electron chi connectivity index (χ1n) is 35.8. The lowest BCUT2D eigenvalue weighted by Gasteiger charge is -2.43. The fraction of sp³-hybridized carbons (Fsp3) is 0.901. The van der Waals surface area contributed by atoms with Crippen molar-refractivity contribution in [1.29, 1.82) is 0 Å². The first-order valence-corrected chi connectivity index (χ1v) is 35.8. The number of carbonyl (C=O) groups is 1. The summed E-state index contributed by atoms with van der Waals surface area (Å²) in [5, 5.41) is 202. The van der Waals surface area contributed by atoms with Crippen LogP contribution >= 0.6 is 0 Å². The highest BCUT2D eigenvalue weighted by Gasteiger charge is 2.48. The average molecular weight is 1400 g/mol. The molecule has 0 spiro atoms. The maximum atomic E-state index is 14.2. The monoisotopic (exact) mass is 1400 g/mol. The third-order valence-electron chi connectivity index (χ3n) is 21.1. The standard InChI is InChI=1S/C71H132N2O24/c1-35(19-15-13-14-18-24-72)25-41(7)69-45(11)56(94-70-66(90)60(73)64(88)46(12)93-70)33-49(77)32-54(82)43(9)52(80)29-47(75)28-51(79)42(8)53(81)30-48(76)31-55(83)44(10)63(87)57(95-71-68(92)67(91)65(89)58(34-74)96-71)27-40(6)62(86)39(5)26-38(4)61(85)37(3)20-16-17-21-50(78)36(2)22-23-59(84)97-69/h16,20,26-27,35-37,39,41-58,60-71,74-83,85-92H,13-15,17-19,21-25,28-34,72-73H2,1-12H3. The molecule has 570 valence electrons. The minimum atomic E-state index is -1.90. The van der Waals surface area contributed by atoms with E-state index in [1.165, 1.54) is 33.8 Å². The number of ether oxygens (including phenoxy) is 5. The van der Waals surface area contributed by atoms with Gasteiger partial charge in [-0.3, -0.25) is 4.79 Å². The lowest BCUT2D eigenvalue weighted by Crippen LogP contribution is -2.62. The summed E-state index contributed by atoms with van der Waals surface area (Å²) >= 11 is 0. The molecule has 3 aliphatic rings. The number of unbranched alkanes of at least 4 members (excludes halogenated alkanes) is 3. The van der Waals surface area contributed by atoms with Gasteiger partial charge in [0.2, 0.25) is 0 Å². The Kier molecular flexibility index (Phi) is 40.1. The highest BCUT2D eigenvalue weighted by atomic mass is 16.7. The first-order chi connectivity index (χ1) is 45.4. The molecule has 97 heavy (non-hydrogen) atoms. The third kappa shape index (κ3) is 28.4. The zero-order chi connectivity index (χ0) is 73.5. The second-order valence-corrected chi connectivity index (χ2v) is 29.7. The molecule has 3 aliphatic heterocycles. The molecule has 34 atom stereocenters. The fourth-order valence-corrected chi connectivity index (χ4v) is 13.7. The van der Waals surface area contributed by atoms with E-state index in [1.54, 1.807) is 40.7 Å². The third-order valence-corrected chi connectivity index (χ3v) is 21.1. The minimum Gasteiger partial charge on any atom is -0.462 e. The molecule has 2 fully saturated rings. The molecule has 0 bridgehead atoms. The summed E-state index contributed by atoms with van der Waals surface area (Å²) in [7, 11) is 0. The topological polar surface area (TPSA) is 479 Å². The molecule has 0 aromatic carbocycles. The maximum Gasteiger partial charge on any atom is 0.306 e. The minimum absolute atomic E-state index is 0.0617. The number of rotatable bonds is 14. The van der Waals surface area contributed by atoms with Crippen molar-refractivity contribution in [1.82, 2.24) is 0 Å². The van der Waals surface area contributed by atoms with Gasteiger partial charge < -0.3 is 127 Å². The number of esters is 1. The molecular weight excluding hydrogens is 1260 g/mol. The van der Waals surface area contributed by atoms with Crippen LogP contribution in [0.3, 0.4) is 0 Å². The van der Waals surface area contributed by atoms with Crippen molar-refractivity contribution in [2.75, 3.05) is 13.2 Å². The van der Waals surface area contributed by atoms with Gasteiger partial charge in [-0.25, -0.2) is 0 Å². The Hall–Kier alpha value is -2.27. The Morgan fingerprint density at radius 3 is 1.60 bits per heavy atom. The van der Waals surface area contributed by atoms with Crippen LogP contribution in [0.15, 0.2) is 35.5 Å². The van der Waals surface area contributed by atoms with Crippen LogP contribution in [-0.4, -0.2) is 264 Å². The van der Waals surface area contributed by atoms with Crippen molar-refractivity contribution in [3.8, 4) is 0 Å². The van der Waals surface area contributed by atoms with Gasteiger partial charge in [0.1, 0.15) is 42.7 Å². The number of allylic oxidation sites excluding steroid dienone is 1. The van der Waals surface area contributed by atoms with Crippen molar-refractivity contribution in [3.63, 3.8) is 0 Å². The number of cyclic esters (lactones) is 1. The van der Waals surface area contributed by atoms with Crippen LogP contribution in [0.5, 0.6) is 0 Å². The number of hydrogen-bond acceptors (Lipinski definition) is 26. The molecule has 0 aromatic rings. The van der Waals surface area contributed by atoms with Gasteiger partial charge >= 0.3 is 5.97 Å². The van der Waals surface area contributed by atoms with E-state index in [0.717, 1.165) is 32.1 Å². The van der Waals surface area contributed by atoms with Crippen molar-refractivity contribution >= 4 is 5.97 Å². The molecule has 0 amide bonds. The average Bonchev–Trinajstić information content (AvgIpc) is 0.831. The van der Waals surface area contributed by atoms with Gasteiger partial charge in [-0.05, 0) is 120 Å². The summed E-state index contributed by atoms with van der Waals surface area (Å²) in [5.74, 6) is -5.94. The molecule has 34 unspecified atom stereocenters. The second-order valence-electron chi connectivity index (χ2n) is 29.7. The van der Waals surface area contributed by atoms with E-state index >= 15 is 0 Å². The number of aliphatic hydroxyl groups excluding tert-OH is 18. The van der Waals surface area contributed by atoms with Gasteiger partial charge in [0.25, 0.3) is 0 Å². The molecule has 0 aromatic heterocycles. The molecule has 26 heteroatoms. The van der Waals surface area contributed by atoms with E-state index in [2.05, 4.69) is 6.92 Å². The Labute approximate surface area is 576 Å². The van der Waals surface area contributed by atoms with E-state index in [0.29, 0.717) is 31.4 Å². The molecule has 3 rings (SSSR count). The molecule has 22 N–H and O–H groups in total. The van der Waals surface area contributed by atoms with Crippen LogP contribution in [0.4, 0.5) is 0 Å². The Morgan fingerprint density at radius 1 is 0.546 bits per heavy atom. The van der Waals surface area contributed by atoms with Crippen LogP contribution in [-0.2, 0) is 28.5 Å². The van der Waals surface area contributed by atoms with E-state index in [9.17, 15) is 96.7 Å². The van der Waals surface area contributed by atoms with Gasteiger partial charge in [0, 0.05) is 48.3 Å². The maximum absolute atomic E-state index is 14.2. The quantitative estimate of drug-likeness (QED) is 0.0655. The van der Waals surface area contributed by atoms with Crippen molar-refractivity contribution in [2.45, 2.75) is 339 Å². The molecular formula is C71H132N2O24. The van der Waals surface area contributed by atoms with Crippen molar-refractivity contribution in [2.24, 2.45) is 64.7 Å². The smallest absolute Gasteiger partial charge is 0.306 e. The lowest BCUT2D eigenvalue weighted by atomic mass is 9.81. The van der Waals surface area contributed by atoms with E-state index < -0.39 is 214 Å². The largest absolute Gasteiger partial charge is 0.462 e. The second kappa shape index (κ2) is 43.7. The SMILES string of the molecule is CC1=CC(C)C(O)C(C)=CC(OC2OC(CO)C(O)C(O)C2O)C(O)C(C)C(O)CC(O)CC(O)C(C)C(O)CC(O)CC(O)C(C)C(O)CC(O)CC(OC2OC(C)C(O)C(N)C2O)C(C)C(C(C)CC(C)CCCCCCN)OC(=O)CCC(C)C(O)CCC=CC(C)C1O. The van der Waals surface area contributed by atoms with Gasteiger partial charge in [-0.15, -0.1) is 0 Å².